The maximum atomic E-state index is 4.65. The third-order valence-corrected chi connectivity index (χ3v) is 5.85. The van der Waals surface area contributed by atoms with Gasteiger partial charge in [0.15, 0.2) is 5.96 Å². The van der Waals surface area contributed by atoms with Gasteiger partial charge in [0.25, 0.3) is 0 Å². The predicted molar refractivity (Wildman–Crippen MR) is 116 cm³/mol. The van der Waals surface area contributed by atoms with Gasteiger partial charge in [-0.15, -0.1) is 0 Å². The Bertz CT molecular complexity index is 765. The highest BCUT2D eigenvalue weighted by Gasteiger charge is 2.25. The molecule has 0 saturated carbocycles. The molecule has 0 spiro atoms. The van der Waals surface area contributed by atoms with Crippen LogP contribution in [0.25, 0.3) is 0 Å². The first-order chi connectivity index (χ1) is 13.8. The second-order valence-corrected chi connectivity index (χ2v) is 7.91. The highest BCUT2D eigenvalue weighted by molar-refractivity contribution is 5.80. The minimum atomic E-state index is 0.697. The normalized spacial score (nSPS) is 20.0. The number of nitrogens with one attached hydrogen (secondary N) is 1. The minimum Gasteiger partial charge on any atom is -0.357 e. The molecular formula is C23H31N5. The smallest absolute Gasteiger partial charge is 0.193 e. The van der Waals surface area contributed by atoms with Gasteiger partial charge in [0, 0.05) is 46.0 Å². The lowest BCUT2D eigenvalue weighted by Crippen LogP contribution is -2.39. The first-order valence-electron chi connectivity index (χ1n) is 10.5. The number of benzene rings is 1. The Labute approximate surface area is 168 Å². The number of aromatic nitrogens is 1. The Balaban J connectivity index is 1.28. The molecule has 2 aromatic rings. The van der Waals surface area contributed by atoms with E-state index >= 15 is 0 Å². The standard InChI is InChI=1S/C23H31N5/c1-24-23(28-14-11-20(18-28)15-19-7-3-2-4-8-19)26-17-21-9-10-22(25-16-21)27-12-5-6-13-27/h2-4,7-10,16,20H,5-6,11-15,17-18H2,1H3,(H,24,26). The molecule has 0 radical (unpaired) electrons. The molecule has 2 saturated heterocycles. The first kappa shape index (κ1) is 18.8. The quantitative estimate of drug-likeness (QED) is 0.641. The number of anilines is 1. The van der Waals surface area contributed by atoms with Crippen molar-refractivity contribution in [3.63, 3.8) is 0 Å². The van der Waals surface area contributed by atoms with Gasteiger partial charge in [-0.05, 0) is 48.8 Å². The van der Waals surface area contributed by atoms with Gasteiger partial charge in [0.2, 0.25) is 0 Å². The number of likely N-dealkylation sites (tertiary alicyclic amines) is 1. The molecule has 3 heterocycles. The van der Waals surface area contributed by atoms with Crippen LogP contribution in [0.15, 0.2) is 53.7 Å². The molecule has 1 aromatic carbocycles. The second-order valence-electron chi connectivity index (χ2n) is 7.91. The van der Waals surface area contributed by atoms with Crippen molar-refractivity contribution >= 4 is 11.8 Å². The first-order valence-corrected chi connectivity index (χ1v) is 10.5. The summed E-state index contributed by atoms with van der Waals surface area (Å²) in [6.45, 7) is 5.18. The summed E-state index contributed by atoms with van der Waals surface area (Å²) in [4.78, 5) is 13.9. The molecule has 5 nitrogen and oxygen atoms in total. The molecule has 0 bridgehead atoms. The van der Waals surface area contributed by atoms with Crippen molar-refractivity contribution in [1.82, 2.24) is 15.2 Å². The van der Waals surface area contributed by atoms with Gasteiger partial charge in [-0.2, -0.15) is 0 Å². The summed E-state index contributed by atoms with van der Waals surface area (Å²) in [7, 11) is 1.88. The zero-order valence-corrected chi connectivity index (χ0v) is 16.8. The number of guanidine groups is 1. The maximum absolute atomic E-state index is 4.65. The molecule has 1 unspecified atom stereocenters. The number of aliphatic imine (C=N–C) groups is 1. The van der Waals surface area contributed by atoms with Gasteiger partial charge in [-0.3, -0.25) is 4.99 Å². The van der Waals surface area contributed by atoms with Crippen LogP contribution in [0, 0.1) is 5.92 Å². The van der Waals surface area contributed by atoms with Gasteiger partial charge < -0.3 is 15.1 Å². The maximum Gasteiger partial charge on any atom is 0.193 e. The van der Waals surface area contributed by atoms with Crippen molar-refractivity contribution < 1.29 is 0 Å². The van der Waals surface area contributed by atoms with Gasteiger partial charge in [-0.25, -0.2) is 4.98 Å². The summed E-state index contributed by atoms with van der Waals surface area (Å²) in [6, 6.07) is 15.1. The zero-order chi connectivity index (χ0) is 19.2. The lowest BCUT2D eigenvalue weighted by atomic mass is 9.99. The molecule has 28 heavy (non-hydrogen) atoms. The van der Waals surface area contributed by atoms with Gasteiger partial charge in [0.1, 0.15) is 5.82 Å². The van der Waals surface area contributed by atoms with Crippen LogP contribution in [0.2, 0.25) is 0 Å². The average Bonchev–Trinajstić information content (AvgIpc) is 3.43. The van der Waals surface area contributed by atoms with Crippen LogP contribution < -0.4 is 10.2 Å². The molecule has 1 atom stereocenters. The summed E-state index contributed by atoms with van der Waals surface area (Å²) in [5, 5.41) is 3.52. The summed E-state index contributed by atoms with van der Waals surface area (Å²) in [6.07, 6.45) is 6.93. The number of rotatable bonds is 5. The SMILES string of the molecule is CN=C(NCc1ccc(N2CCCC2)nc1)N1CCC(Cc2ccccc2)C1. The van der Waals surface area contributed by atoms with Crippen LogP contribution >= 0.6 is 0 Å². The predicted octanol–water partition coefficient (Wildman–Crippen LogP) is 3.32. The van der Waals surface area contributed by atoms with Crippen LogP contribution in [0.1, 0.15) is 30.4 Å². The monoisotopic (exact) mass is 377 g/mol. The summed E-state index contributed by atoms with van der Waals surface area (Å²) in [5.41, 5.74) is 2.63. The van der Waals surface area contributed by atoms with Crippen molar-refractivity contribution in [3.8, 4) is 0 Å². The Hall–Kier alpha value is -2.56. The summed E-state index contributed by atoms with van der Waals surface area (Å²) < 4.78 is 0. The molecule has 1 aromatic heterocycles. The average molecular weight is 378 g/mol. The van der Waals surface area contributed by atoms with Crippen LogP contribution in [0.3, 0.4) is 0 Å². The van der Waals surface area contributed by atoms with E-state index in [2.05, 4.69) is 67.6 Å². The highest BCUT2D eigenvalue weighted by atomic mass is 15.3. The Kier molecular flexibility index (Phi) is 6.10. The van der Waals surface area contributed by atoms with E-state index in [1.165, 1.54) is 30.4 Å². The summed E-state index contributed by atoms with van der Waals surface area (Å²) >= 11 is 0. The van der Waals surface area contributed by atoms with E-state index in [0.29, 0.717) is 5.92 Å². The fraction of sp³-hybridized carbons (Fsp3) is 0.478. The van der Waals surface area contributed by atoms with Crippen LogP contribution in [0.4, 0.5) is 5.82 Å². The number of hydrogen-bond acceptors (Lipinski definition) is 3. The minimum absolute atomic E-state index is 0.697. The lowest BCUT2D eigenvalue weighted by Gasteiger charge is -2.22. The largest absolute Gasteiger partial charge is 0.357 e. The van der Waals surface area contributed by atoms with Gasteiger partial charge in [-0.1, -0.05) is 36.4 Å². The van der Waals surface area contributed by atoms with Crippen molar-refractivity contribution in [2.75, 3.05) is 38.1 Å². The zero-order valence-electron chi connectivity index (χ0n) is 16.8. The van der Waals surface area contributed by atoms with Crippen molar-refractivity contribution in [2.45, 2.75) is 32.2 Å². The molecule has 0 aliphatic carbocycles. The lowest BCUT2D eigenvalue weighted by molar-refractivity contribution is 0.460. The molecule has 0 amide bonds. The van der Waals surface area contributed by atoms with E-state index < -0.39 is 0 Å². The van der Waals surface area contributed by atoms with Crippen LogP contribution in [-0.4, -0.2) is 49.1 Å². The van der Waals surface area contributed by atoms with Crippen LogP contribution in [-0.2, 0) is 13.0 Å². The summed E-state index contributed by atoms with van der Waals surface area (Å²) in [5.74, 6) is 2.80. The fourth-order valence-electron chi connectivity index (χ4n) is 4.31. The number of nitrogens with zero attached hydrogens (tertiary/aromatic N) is 4. The third-order valence-electron chi connectivity index (χ3n) is 5.85. The van der Waals surface area contributed by atoms with E-state index in [1.807, 2.05) is 13.2 Å². The van der Waals surface area contributed by atoms with E-state index in [0.717, 1.165) is 50.9 Å². The fourth-order valence-corrected chi connectivity index (χ4v) is 4.31. The topological polar surface area (TPSA) is 43.8 Å². The van der Waals surface area contributed by atoms with E-state index in [-0.39, 0.29) is 0 Å². The molecule has 1 N–H and O–H groups in total. The van der Waals surface area contributed by atoms with Crippen molar-refractivity contribution in [2.24, 2.45) is 10.9 Å². The third kappa shape index (κ3) is 4.64. The molecule has 148 valence electrons. The molecule has 2 fully saturated rings. The van der Waals surface area contributed by atoms with E-state index in [4.69, 9.17) is 0 Å². The highest BCUT2D eigenvalue weighted by Crippen LogP contribution is 2.21. The van der Waals surface area contributed by atoms with Gasteiger partial charge >= 0.3 is 0 Å². The molecule has 5 heteroatoms. The van der Waals surface area contributed by atoms with E-state index in [1.54, 1.807) is 0 Å². The molecular weight excluding hydrogens is 346 g/mol. The molecule has 4 rings (SSSR count). The molecule has 2 aliphatic heterocycles. The Morgan fingerprint density at radius 1 is 1.07 bits per heavy atom. The van der Waals surface area contributed by atoms with Crippen molar-refractivity contribution in [3.05, 3.63) is 59.8 Å². The van der Waals surface area contributed by atoms with E-state index in [9.17, 15) is 0 Å². The number of pyridine rings is 1. The van der Waals surface area contributed by atoms with Crippen LogP contribution in [0.5, 0.6) is 0 Å². The molecule has 2 aliphatic rings. The number of hydrogen-bond donors (Lipinski definition) is 1. The Morgan fingerprint density at radius 2 is 1.89 bits per heavy atom. The second kappa shape index (κ2) is 9.09. The van der Waals surface area contributed by atoms with Crippen molar-refractivity contribution in [1.29, 1.82) is 0 Å². The Morgan fingerprint density at radius 3 is 2.61 bits per heavy atom. The van der Waals surface area contributed by atoms with Gasteiger partial charge in [0.05, 0.1) is 0 Å².